The van der Waals surface area contributed by atoms with Crippen LogP contribution in [0.2, 0.25) is 0 Å². The lowest BCUT2D eigenvalue weighted by atomic mass is 10.5. The first-order valence-corrected chi connectivity index (χ1v) is 3.57. The molecule has 0 radical (unpaired) electrons. The van der Waals surface area contributed by atoms with E-state index >= 15 is 0 Å². The normalized spacial score (nSPS) is 8.67. The largest absolute Gasteiger partial charge is 0.300 e. The molecule has 58 valence electrons. The van der Waals surface area contributed by atoms with Gasteiger partial charge in [0.25, 0.3) is 0 Å². The van der Waals surface area contributed by atoms with Crippen LogP contribution in [0.1, 0.15) is 27.2 Å². The summed E-state index contributed by atoms with van der Waals surface area (Å²) in [5.74, 6) is 0. The molecule has 0 aromatic rings. The predicted octanol–water partition coefficient (Wildman–Crippen LogP) is 1.92. The minimum absolute atomic E-state index is 0.826. The van der Waals surface area contributed by atoms with Gasteiger partial charge in [-0.2, -0.15) is 5.06 Å². The molecule has 0 aliphatic heterocycles. The van der Waals surface area contributed by atoms with Crippen molar-refractivity contribution in [3.05, 3.63) is 0 Å². The molecular formula is C7H19NO. The van der Waals surface area contributed by atoms with Crippen molar-refractivity contribution < 1.29 is 4.84 Å². The lowest BCUT2D eigenvalue weighted by molar-refractivity contribution is -0.119. The third kappa shape index (κ3) is 18.1. The molecule has 0 amide bonds. The quantitative estimate of drug-likeness (QED) is 0.545. The van der Waals surface area contributed by atoms with Crippen LogP contribution in [0.15, 0.2) is 0 Å². The highest BCUT2D eigenvalue weighted by atomic mass is 16.7. The van der Waals surface area contributed by atoms with Crippen molar-refractivity contribution in [1.29, 1.82) is 0 Å². The van der Waals surface area contributed by atoms with Gasteiger partial charge in [-0.05, 0) is 6.42 Å². The van der Waals surface area contributed by atoms with E-state index in [-0.39, 0.29) is 0 Å². The van der Waals surface area contributed by atoms with Crippen LogP contribution in [0.3, 0.4) is 0 Å². The third-order valence-electron chi connectivity index (χ3n) is 0.554. The van der Waals surface area contributed by atoms with Crippen LogP contribution in [0.5, 0.6) is 0 Å². The van der Waals surface area contributed by atoms with Crippen molar-refractivity contribution in [2.24, 2.45) is 0 Å². The van der Waals surface area contributed by atoms with Crippen molar-refractivity contribution in [1.82, 2.24) is 5.06 Å². The van der Waals surface area contributed by atoms with Crippen molar-refractivity contribution in [3.63, 3.8) is 0 Å². The zero-order valence-corrected chi connectivity index (χ0v) is 7.27. The van der Waals surface area contributed by atoms with Gasteiger partial charge < -0.3 is 0 Å². The first-order valence-electron chi connectivity index (χ1n) is 3.57. The van der Waals surface area contributed by atoms with Crippen LogP contribution in [0.25, 0.3) is 0 Å². The highest BCUT2D eigenvalue weighted by Gasteiger charge is 1.82. The fraction of sp³-hybridized carbons (Fsp3) is 1.00. The first kappa shape index (κ1) is 11.7. The van der Waals surface area contributed by atoms with Crippen LogP contribution in [0.4, 0.5) is 0 Å². The van der Waals surface area contributed by atoms with Gasteiger partial charge >= 0.3 is 0 Å². The Bertz CT molecular complexity index is 37.9. The van der Waals surface area contributed by atoms with Gasteiger partial charge in [-0.1, -0.05) is 20.8 Å². The molecule has 0 N–H and O–H groups in total. The van der Waals surface area contributed by atoms with Gasteiger partial charge in [0, 0.05) is 14.1 Å². The Kier molecular flexibility index (Phi) is 14.0. The topological polar surface area (TPSA) is 12.5 Å². The highest BCUT2D eigenvalue weighted by Crippen LogP contribution is 1.80. The SMILES string of the molecule is CC.CCCON(C)C. The molecule has 0 aromatic heterocycles. The summed E-state index contributed by atoms with van der Waals surface area (Å²) in [7, 11) is 3.77. The molecule has 0 saturated carbocycles. The van der Waals surface area contributed by atoms with Crippen molar-refractivity contribution >= 4 is 0 Å². The van der Waals surface area contributed by atoms with Gasteiger partial charge in [0.05, 0.1) is 6.61 Å². The number of hydrogen-bond donors (Lipinski definition) is 0. The fourth-order valence-corrected chi connectivity index (χ4v) is 0.274. The van der Waals surface area contributed by atoms with E-state index in [1.54, 1.807) is 5.06 Å². The molecule has 0 aliphatic rings. The van der Waals surface area contributed by atoms with Gasteiger partial charge in [0.1, 0.15) is 0 Å². The molecular weight excluding hydrogens is 114 g/mol. The van der Waals surface area contributed by atoms with E-state index in [4.69, 9.17) is 4.84 Å². The van der Waals surface area contributed by atoms with Crippen LogP contribution in [-0.4, -0.2) is 25.8 Å². The summed E-state index contributed by atoms with van der Waals surface area (Å²) in [6, 6.07) is 0. The average molecular weight is 133 g/mol. The molecule has 2 nitrogen and oxygen atoms in total. The van der Waals surface area contributed by atoms with Crippen molar-refractivity contribution in [2.45, 2.75) is 27.2 Å². The van der Waals surface area contributed by atoms with Gasteiger partial charge in [0.2, 0.25) is 0 Å². The molecule has 0 fully saturated rings. The lowest BCUT2D eigenvalue weighted by Gasteiger charge is -2.07. The minimum Gasteiger partial charge on any atom is -0.300 e. The molecule has 0 atom stereocenters. The van der Waals surface area contributed by atoms with Gasteiger partial charge in [-0.25, -0.2) is 0 Å². The Morgan fingerprint density at radius 1 is 1.22 bits per heavy atom. The van der Waals surface area contributed by atoms with E-state index in [0.717, 1.165) is 13.0 Å². The van der Waals surface area contributed by atoms with Crippen molar-refractivity contribution in [3.8, 4) is 0 Å². The Balaban J connectivity index is 0. The standard InChI is InChI=1S/C5H13NO.C2H6/c1-4-5-7-6(2)3;1-2/h4-5H2,1-3H3;1-2H3. The average Bonchev–Trinajstić information content (AvgIpc) is 1.88. The number of nitrogens with zero attached hydrogens (tertiary/aromatic N) is 1. The Morgan fingerprint density at radius 3 is 1.78 bits per heavy atom. The summed E-state index contributed by atoms with van der Waals surface area (Å²) in [6.07, 6.45) is 1.08. The summed E-state index contributed by atoms with van der Waals surface area (Å²) in [6.45, 7) is 6.91. The van der Waals surface area contributed by atoms with Crippen LogP contribution in [-0.2, 0) is 4.84 Å². The van der Waals surface area contributed by atoms with Crippen molar-refractivity contribution in [2.75, 3.05) is 20.7 Å². The van der Waals surface area contributed by atoms with E-state index in [2.05, 4.69) is 6.92 Å². The second kappa shape index (κ2) is 10.8. The molecule has 0 spiro atoms. The van der Waals surface area contributed by atoms with E-state index in [0.29, 0.717) is 0 Å². The van der Waals surface area contributed by atoms with E-state index in [1.807, 2.05) is 27.9 Å². The lowest BCUT2D eigenvalue weighted by Crippen LogP contribution is -2.12. The van der Waals surface area contributed by atoms with Crippen LogP contribution < -0.4 is 0 Å². The van der Waals surface area contributed by atoms with Gasteiger partial charge in [-0.15, -0.1) is 0 Å². The summed E-state index contributed by atoms with van der Waals surface area (Å²) < 4.78 is 0. The number of rotatable bonds is 3. The molecule has 0 rings (SSSR count). The zero-order valence-electron chi connectivity index (χ0n) is 7.27. The summed E-state index contributed by atoms with van der Waals surface area (Å²) in [4.78, 5) is 5.02. The molecule has 0 unspecified atom stereocenters. The second-order valence-corrected chi connectivity index (χ2v) is 1.65. The maximum absolute atomic E-state index is 5.02. The zero-order chi connectivity index (χ0) is 7.70. The number of hydrogen-bond acceptors (Lipinski definition) is 2. The van der Waals surface area contributed by atoms with Gasteiger partial charge in [0.15, 0.2) is 0 Å². The molecule has 0 aliphatic carbocycles. The number of hydroxylamine groups is 2. The Morgan fingerprint density at radius 2 is 1.67 bits per heavy atom. The molecule has 0 saturated heterocycles. The monoisotopic (exact) mass is 133 g/mol. The predicted molar refractivity (Wildman–Crippen MR) is 41.3 cm³/mol. The van der Waals surface area contributed by atoms with Crippen LogP contribution >= 0.6 is 0 Å². The second-order valence-electron chi connectivity index (χ2n) is 1.65. The maximum Gasteiger partial charge on any atom is 0.0682 e. The fourth-order valence-electron chi connectivity index (χ4n) is 0.274. The van der Waals surface area contributed by atoms with Crippen LogP contribution in [0, 0.1) is 0 Å². The minimum atomic E-state index is 0.826. The molecule has 0 bridgehead atoms. The summed E-state index contributed by atoms with van der Waals surface area (Å²) >= 11 is 0. The first-order chi connectivity index (χ1) is 4.27. The third-order valence-corrected chi connectivity index (χ3v) is 0.554. The Labute approximate surface area is 58.8 Å². The van der Waals surface area contributed by atoms with E-state index in [1.165, 1.54) is 0 Å². The van der Waals surface area contributed by atoms with E-state index in [9.17, 15) is 0 Å². The summed E-state index contributed by atoms with van der Waals surface area (Å²) in [5.41, 5.74) is 0. The Hall–Kier alpha value is -0.0800. The molecule has 0 heterocycles. The summed E-state index contributed by atoms with van der Waals surface area (Å²) in [5, 5.41) is 1.71. The maximum atomic E-state index is 5.02. The smallest absolute Gasteiger partial charge is 0.0682 e. The highest BCUT2D eigenvalue weighted by molar-refractivity contribution is 4.18. The van der Waals surface area contributed by atoms with E-state index < -0.39 is 0 Å². The molecule has 9 heavy (non-hydrogen) atoms. The van der Waals surface area contributed by atoms with Gasteiger partial charge in [-0.3, -0.25) is 4.84 Å². The molecule has 2 heteroatoms. The molecule has 0 aromatic carbocycles.